The van der Waals surface area contributed by atoms with Crippen molar-refractivity contribution in [1.29, 1.82) is 0 Å². The molecule has 0 bridgehead atoms. The smallest absolute Gasteiger partial charge is 0.431 e. The molecule has 6 nitrogen and oxygen atoms in total. The largest absolute Gasteiger partial charge is 0.452 e. The number of nitrogens with zero attached hydrogens (tertiary/aromatic N) is 1. The van der Waals surface area contributed by atoms with Gasteiger partial charge in [0.1, 0.15) is 5.78 Å². The summed E-state index contributed by atoms with van der Waals surface area (Å²) in [6.07, 6.45) is -0.346. The van der Waals surface area contributed by atoms with Crippen molar-refractivity contribution in [2.75, 3.05) is 0 Å². The van der Waals surface area contributed by atoms with Gasteiger partial charge in [-0.25, -0.2) is 4.98 Å². The molecule has 0 aliphatic heterocycles. The molecule has 4 rings (SSSR count). The zero-order valence-electron chi connectivity index (χ0n) is 21.5. The van der Waals surface area contributed by atoms with E-state index in [1.54, 1.807) is 30.3 Å². The number of nitrogens with two attached hydrogens (primary N) is 1. The zero-order valence-corrected chi connectivity index (χ0v) is 21.5. The molecule has 1 saturated carbocycles. The quantitative estimate of drug-likeness (QED) is 0.274. The molecule has 206 valence electrons. The molecule has 0 saturated heterocycles. The third-order valence-electron chi connectivity index (χ3n) is 7.22. The molecule has 3 aromatic rings. The molecular formula is C30H31F3N2O4. The number of hydrogen-bond acceptors (Lipinski definition) is 5. The average Bonchev–Trinajstić information content (AvgIpc) is 3.37. The minimum Gasteiger partial charge on any atom is -0.431 e. The van der Waals surface area contributed by atoms with Crippen molar-refractivity contribution in [3.05, 3.63) is 77.2 Å². The van der Waals surface area contributed by atoms with E-state index in [2.05, 4.69) is 4.98 Å². The highest BCUT2D eigenvalue weighted by molar-refractivity contribution is 5.96. The Bertz CT molecular complexity index is 1290. The summed E-state index contributed by atoms with van der Waals surface area (Å²) in [5.41, 5.74) is 6.94. The van der Waals surface area contributed by atoms with Gasteiger partial charge in [-0.15, -0.1) is 0 Å². The minimum absolute atomic E-state index is 0.0715. The first-order valence-corrected chi connectivity index (χ1v) is 13.2. The SMILES string of the molecule is NC(=O)CC1CCC(c2ccc(CC(=O)CCCC(=O)c3nc(-c4ccccc4)oc3C(F)(F)F)cc2)CC1. The molecule has 1 aromatic heterocycles. The maximum Gasteiger partial charge on any atom is 0.452 e. The molecular weight excluding hydrogens is 509 g/mol. The number of rotatable bonds is 11. The van der Waals surface area contributed by atoms with Gasteiger partial charge < -0.3 is 10.2 Å². The van der Waals surface area contributed by atoms with Crippen LogP contribution in [0, 0.1) is 5.92 Å². The second-order valence-electron chi connectivity index (χ2n) is 10.2. The van der Waals surface area contributed by atoms with Crippen LogP contribution in [0.5, 0.6) is 0 Å². The Morgan fingerprint density at radius 2 is 1.59 bits per heavy atom. The molecule has 1 amide bonds. The van der Waals surface area contributed by atoms with Gasteiger partial charge in [0.2, 0.25) is 17.6 Å². The Morgan fingerprint density at radius 1 is 0.923 bits per heavy atom. The number of aromatic nitrogens is 1. The van der Waals surface area contributed by atoms with Crippen LogP contribution in [0.1, 0.15) is 84.7 Å². The van der Waals surface area contributed by atoms with Gasteiger partial charge in [-0.05, 0) is 67.2 Å². The summed E-state index contributed by atoms with van der Waals surface area (Å²) in [6, 6.07) is 15.9. The van der Waals surface area contributed by atoms with Gasteiger partial charge in [0.15, 0.2) is 11.5 Å². The van der Waals surface area contributed by atoms with Gasteiger partial charge in [-0.1, -0.05) is 42.5 Å². The second kappa shape index (κ2) is 12.4. The van der Waals surface area contributed by atoms with Crippen LogP contribution in [-0.4, -0.2) is 22.5 Å². The number of oxazole rings is 1. The Labute approximate surface area is 224 Å². The number of ketones is 2. The summed E-state index contributed by atoms with van der Waals surface area (Å²) in [4.78, 5) is 40.1. The number of alkyl halides is 3. The summed E-state index contributed by atoms with van der Waals surface area (Å²) in [7, 11) is 0. The van der Waals surface area contributed by atoms with Gasteiger partial charge in [-0.2, -0.15) is 13.2 Å². The van der Waals surface area contributed by atoms with Crippen LogP contribution >= 0.6 is 0 Å². The topological polar surface area (TPSA) is 103 Å². The molecule has 1 aliphatic rings. The maximum absolute atomic E-state index is 13.5. The standard InChI is InChI=1S/C30H31F3N2O4/c31-30(32,33)28-27(35-29(39-28)23-5-2-1-3-6-23)25(37)8-4-7-24(36)17-19-9-13-21(14-10-19)22-15-11-20(12-16-22)18-26(34)38/h1-3,5-6,9-10,13-14,20,22H,4,7-8,11-12,15-18H2,(H2,34,38). The van der Waals surface area contributed by atoms with E-state index in [4.69, 9.17) is 10.2 Å². The number of Topliss-reactive ketones (excluding diaryl/α,β-unsaturated/α-hetero) is 2. The van der Waals surface area contributed by atoms with Crippen LogP contribution in [-0.2, 0) is 22.2 Å². The highest BCUT2D eigenvalue weighted by Crippen LogP contribution is 2.37. The molecule has 39 heavy (non-hydrogen) atoms. The van der Waals surface area contributed by atoms with Crippen molar-refractivity contribution >= 4 is 17.5 Å². The first-order valence-electron chi connectivity index (χ1n) is 13.2. The molecule has 0 spiro atoms. The Kier molecular flexibility index (Phi) is 8.99. The van der Waals surface area contributed by atoms with Crippen molar-refractivity contribution in [2.45, 2.75) is 69.9 Å². The van der Waals surface area contributed by atoms with E-state index in [1.165, 1.54) is 5.56 Å². The van der Waals surface area contributed by atoms with Crippen LogP contribution in [0.4, 0.5) is 13.2 Å². The molecule has 0 radical (unpaired) electrons. The zero-order chi connectivity index (χ0) is 28.0. The second-order valence-corrected chi connectivity index (χ2v) is 10.2. The number of halogens is 3. The fourth-order valence-electron chi connectivity index (χ4n) is 5.18. The van der Waals surface area contributed by atoms with Crippen molar-refractivity contribution in [1.82, 2.24) is 4.98 Å². The van der Waals surface area contributed by atoms with Crippen LogP contribution in [0.25, 0.3) is 11.5 Å². The third kappa shape index (κ3) is 7.65. The van der Waals surface area contributed by atoms with E-state index in [9.17, 15) is 27.6 Å². The molecule has 2 N–H and O–H groups in total. The van der Waals surface area contributed by atoms with Gasteiger partial charge in [0.05, 0.1) is 0 Å². The minimum atomic E-state index is -4.87. The molecule has 0 atom stereocenters. The van der Waals surface area contributed by atoms with Crippen molar-refractivity contribution in [3.8, 4) is 11.5 Å². The first kappa shape index (κ1) is 28.3. The summed E-state index contributed by atoms with van der Waals surface area (Å²) in [5, 5.41) is 0. The molecule has 0 unspecified atom stereocenters. The fraction of sp³-hybridized carbons (Fsp3) is 0.400. The molecule has 1 fully saturated rings. The Morgan fingerprint density at radius 3 is 2.21 bits per heavy atom. The number of carbonyl (C=O) groups excluding carboxylic acids is 3. The summed E-state index contributed by atoms with van der Waals surface area (Å²) in [6.45, 7) is 0. The predicted molar refractivity (Wildman–Crippen MR) is 139 cm³/mol. The lowest BCUT2D eigenvalue weighted by Crippen LogP contribution is -2.20. The number of primary amides is 1. The normalized spacial score (nSPS) is 17.6. The van der Waals surface area contributed by atoms with Crippen molar-refractivity contribution < 1.29 is 32.0 Å². The Hall–Kier alpha value is -3.75. The molecule has 1 heterocycles. The summed E-state index contributed by atoms with van der Waals surface area (Å²) >= 11 is 0. The number of amides is 1. The van der Waals surface area contributed by atoms with E-state index in [1.807, 2.05) is 24.3 Å². The number of benzene rings is 2. The third-order valence-corrected chi connectivity index (χ3v) is 7.22. The fourth-order valence-corrected chi connectivity index (χ4v) is 5.18. The van der Waals surface area contributed by atoms with Crippen LogP contribution in [0.3, 0.4) is 0 Å². The highest BCUT2D eigenvalue weighted by Gasteiger charge is 2.41. The van der Waals surface area contributed by atoms with Gasteiger partial charge in [0.25, 0.3) is 0 Å². The van der Waals surface area contributed by atoms with E-state index in [0.717, 1.165) is 31.2 Å². The first-order chi connectivity index (χ1) is 18.6. The number of hydrogen-bond donors (Lipinski definition) is 1. The Balaban J connectivity index is 1.27. The van der Waals surface area contributed by atoms with Crippen LogP contribution in [0.2, 0.25) is 0 Å². The lowest BCUT2D eigenvalue weighted by Gasteiger charge is -2.28. The summed E-state index contributed by atoms with van der Waals surface area (Å²) < 4.78 is 45.4. The van der Waals surface area contributed by atoms with Gasteiger partial charge >= 0.3 is 6.18 Å². The van der Waals surface area contributed by atoms with Gasteiger partial charge in [-0.3, -0.25) is 14.4 Å². The summed E-state index contributed by atoms with van der Waals surface area (Å²) in [5.74, 6) is -2.07. The molecule has 2 aromatic carbocycles. The van der Waals surface area contributed by atoms with E-state index in [-0.39, 0.29) is 43.3 Å². The van der Waals surface area contributed by atoms with Crippen LogP contribution < -0.4 is 5.73 Å². The lowest BCUT2D eigenvalue weighted by molar-refractivity contribution is -0.153. The lowest BCUT2D eigenvalue weighted by atomic mass is 9.77. The van der Waals surface area contributed by atoms with Crippen molar-refractivity contribution in [3.63, 3.8) is 0 Å². The van der Waals surface area contributed by atoms with Gasteiger partial charge in [0, 0.05) is 31.2 Å². The van der Waals surface area contributed by atoms with Crippen molar-refractivity contribution in [2.24, 2.45) is 11.7 Å². The molecule has 9 heteroatoms. The highest BCUT2D eigenvalue weighted by atomic mass is 19.4. The van der Waals surface area contributed by atoms with E-state index in [0.29, 0.717) is 23.8 Å². The average molecular weight is 541 g/mol. The van der Waals surface area contributed by atoms with Crippen LogP contribution in [0.15, 0.2) is 59.0 Å². The predicted octanol–water partition coefficient (Wildman–Crippen LogP) is 6.67. The van der Waals surface area contributed by atoms with E-state index < -0.39 is 23.4 Å². The maximum atomic E-state index is 13.5. The molecule has 1 aliphatic carbocycles. The monoisotopic (exact) mass is 540 g/mol. The van der Waals surface area contributed by atoms with E-state index >= 15 is 0 Å². The number of carbonyl (C=O) groups is 3.